The summed E-state index contributed by atoms with van der Waals surface area (Å²) in [4.78, 5) is 41.4. The lowest BCUT2D eigenvalue weighted by molar-refractivity contribution is -0.138. The highest BCUT2D eigenvalue weighted by molar-refractivity contribution is 5.98. The Labute approximate surface area is 234 Å². The van der Waals surface area contributed by atoms with Crippen molar-refractivity contribution in [3.8, 4) is 0 Å². The smallest absolute Gasteiger partial charge is 0.408 e. The summed E-state index contributed by atoms with van der Waals surface area (Å²) in [5.41, 5.74) is 3.85. The Hall–Kier alpha value is -3.35. The molecule has 0 saturated carbocycles. The number of hydrogen-bond acceptors (Lipinski definition) is 4. The van der Waals surface area contributed by atoms with Crippen LogP contribution in [0.25, 0.3) is 0 Å². The number of benzene rings is 2. The van der Waals surface area contributed by atoms with Gasteiger partial charge in [-0.15, -0.1) is 0 Å². The number of carbonyl (C=O) groups excluding carboxylic acids is 3. The molecular formula is C32H47N3O4. The number of alkyl carbamates (subject to hydrolysis) is 1. The van der Waals surface area contributed by atoms with Gasteiger partial charge in [-0.2, -0.15) is 0 Å². The number of ether oxygens (including phenoxy) is 1. The fraction of sp³-hybridized carbons (Fsp3) is 0.531. The van der Waals surface area contributed by atoms with Crippen LogP contribution in [0.4, 0.5) is 10.5 Å². The number of hydrogen-bond donors (Lipinski definition) is 2. The zero-order valence-corrected chi connectivity index (χ0v) is 24.9. The van der Waals surface area contributed by atoms with E-state index >= 15 is 0 Å². The van der Waals surface area contributed by atoms with Gasteiger partial charge in [-0.3, -0.25) is 9.59 Å². The van der Waals surface area contributed by atoms with Crippen molar-refractivity contribution in [1.82, 2.24) is 10.2 Å². The number of nitrogens with one attached hydrogen (secondary N) is 2. The van der Waals surface area contributed by atoms with Crippen LogP contribution in [0.2, 0.25) is 0 Å². The topological polar surface area (TPSA) is 87.7 Å². The van der Waals surface area contributed by atoms with Crippen molar-refractivity contribution in [2.75, 3.05) is 18.4 Å². The Morgan fingerprint density at radius 3 is 2.18 bits per heavy atom. The highest BCUT2D eigenvalue weighted by Crippen LogP contribution is 2.27. The largest absolute Gasteiger partial charge is 0.444 e. The van der Waals surface area contributed by atoms with Crippen molar-refractivity contribution in [1.29, 1.82) is 0 Å². The van der Waals surface area contributed by atoms with E-state index in [1.54, 1.807) is 25.7 Å². The summed E-state index contributed by atoms with van der Waals surface area (Å²) in [5.74, 6) is -0.623. The minimum Gasteiger partial charge on any atom is -0.444 e. The summed E-state index contributed by atoms with van der Waals surface area (Å²) in [7, 11) is 0. The molecule has 0 radical (unpaired) electrons. The molecule has 214 valence electrons. The summed E-state index contributed by atoms with van der Waals surface area (Å²) in [6, 6.07) is 12.6. The van der Waals surface area contributed by atoms with Crippen LogP contribution in [0.1, 0.15) is 94.5 Å². The first-order valence-corrected chi connectivity index (χ1v) is 14.1. The zero-order valence-electron chi connectivity index (χ0n) is 24.9. The number of anilines is 1. The first-order valence-electron chi connectivity index (χ1n) is 14.1. The molecule has 0 bridgehead atoms. The number of para-hydroxylation sites is 1. The Morgan fingerprint density at radius 1 is 0.872 bits per heavy atom. The second-order valence-electron chi connectivity index (χ2n) is 11.3. The van der Waals surface area contributed by atoms with E-state index in [4.69, 9.17) is 4.74 Å². The highest BCUT2D eigenvalue weighted by atomic mass is 16.6. The number of amides is 3. The van der Waals surface area contributed by atoms with Crippen LogP contribution in [0.3, 0.4) is 0 Å². The standard InChI is InChI=1S/C32H47N3O4/c1-8-9-10-11-12-15-20-35(28(36)22-33-31(38)39-32(5,6)7)29(26-19-18-23(2)25(4)21-26)30(37)34-27-17-14-13-16-24(27)3/h13-14,16-19,21,29H,8-12,15,20,22H2,1-7H3,(H,33,38)(H,34,37). The lowest BCUT2D eigenvalue weighted by Crippen LogP contribution is -2.47. The third kappa shape index (κ3) is 10.7. The van der Waals surface area contributed by atoms with Crippen molar-refractivity contribution in [3.05, 3.63) is 64.7 Å². The van der Waals surface area contributed by atoms with Crippen molar-refractivity contribution in [3.63, 3.8) is 0 Å². The van der Waals surface area contributed by atoms with Gasteiger partial charge in [-0.1, -0.05) is 75.4 Å². The van der Waals surface area contributed by atoms with Gasteiger partial charge in [-0.05, 0) is 76.3 Å². The molecule has 2 rings (SSSR count). The molecule has 1 atom stereocenters. The molecule has 1 unspecified atom stereocenters. The average molecular weight is 538 g/mol. The molecule has 0 aromatic heterocycles. The van der Waals surface area contributed by atoms with Crippen LogP contribution in [0.15, 0.2) is 42.5 Å². The predicted octanol–water partition coefficient (Wildman–Crippen LogP) is 7.01. The van der Waals surface area contributed by atoms with Crippen molar-refractivity contribution < 1.29 is 19.1 Å². The van der Waals surface area contributed by atoms with E-state index < -0.39 is 17.7 Å². The van der Waals surface area contributed by atoms with Crippen molar-refractivity contribution >= 4 is 23.6 Å². The Balaban J connectivity index is 2.37. The Kier molecular flexibility index (Phi) is 12.5. The fourth-order valence-electron chi connectivity index (χ4n) is 4.35. The zero-order chi connectivity index (χ0) is 29.0. The van der Waals surface area contributed by atoms with Crippen LogP contribution < -0.4 is 10.6 Å². The van der Waals surface area contributed by atoms with Gasteiger partial charge in [0.25, 0.3) is 5.91 Å². The molecule has 0 aliphatic carbocycles. The van der Waals surface area contributed by atoms with Gasteiger partial charge < -0.3 is 20.3 Å². The predicted molar refractivity (Wildman–Crippen MR) is 158 cm³/mol. The van der Waals surface area contributed by atoms with E-state index in [9.17, 15) is 14.4 Å². The second-order valence-corrected chi connectivity index (χ2v) is 11.3. The highest BCUT2D eigenvalue weighted by Gasteiger charge is 2.32. The summed E-state index contributed by atoms with van der Waals surface area (Å²) in [6.45, 7) is 13.6. The molecule has 7 heteroatoms. The molecule has 0 aliphatic rings. The van der Waals surface area contributed by atoms with Crippen LogP contribution in [0, 0.1) is 20.8 Å². The molecule has 2 aromatic rings. The van der Waals surface area contributed by atoms with E-state index in [2.05, 4.69) is 17.6 Å². The van der Waals surface area contributed by atoms with E-state index in [1.807, 2.05) is 63.2 Å². The number of unbranched alkanes of at least 4 members (excludes halogenated alkanes) is 5. The lowest BCUT2D eigenvalue weighted by Gasteiger charge is -2.32. The summed E-state index contributed by atoms with van der Waals surface area (Å²) < 4.78 is 5.32. The third-order valence-electron chi connectivity index (χ3n) is 6.67. The van der Waals surface area contributed by atoms with Gasteiger partial charge in [0.15, 0.2) is 0 Å². The lowest BCUT2D eigenvalue weighted by atomic mass is 9.98. The number of nitrogens with zero attached hydrogens (tertiary/aromatic N) is 1. The molecule has 0 heterocycles. The molecular weight excluding hydrogens is 490 g/mol. The van der Waals surface area contributed by atoms with Crippen LogP contribution in [0.5, 0.6) is 0 Å². The maximum Gasteiger partial charge on any atom is 0.408 e. The molecule has 7 nitrogen and oxygen atoms in total. The van der Waals surface area contributed by atoms with Gasteiger partial charge in [0.1, 0.15) is 18.2 Å². The van der Waals surface area contributed by atoms with Crippen LogP contribution >= 0.6 is 0 Å². The Morgan fingerprint density at radius 2 is 1.54 bits per heavy atom. The summed E-state index contributed by atoms with van der Waals surface area (Å²) >= 11 is 0. The van der Waals surface area contributed by atoms with E-state index in [0.29, 0.717) is 12.2 Å². The molecule has 2 aromatic carbocycles. The fourth-order valence-corrected chi connectivity index (χ4v) is 4.35. The molecule has 0 fully saturated rings. The van der Waals surface area contributed by atoms with E-state index in [0.717, 1.165) is 54.4 Å². The second kappa shape index (κ2) is 15.3. The van der Waals surface area contributed by atoms with Crippen molar-refractivity contribution in [2.24, 2.45) is 0 Å². The quantitative estimate of drug-likeness (QED) is 0.269. The average Bonchev–Trinajstić information content (AvgIpc) is 2.86. The molecule has 39 heavy (non-hydrogen) atoms. The molecule has 0 spiro atoms. The summed E-state index contributed by atoms with van der Waals surface area (Å²) in [5, 5.41) is 5.63. The van der Waals surface area contributed by atoms with Crippen LogP contribution in [-0.4, -0.2) is 41.5 Å². The first kappa shape index (κ1) is 31.9. The maximum absolute atomic E-state index is 13.9. The molecule has 0 aliphatic heterocycles. The van der Waals surface area contributed by atoms with Gasteiger partial charge in [0.2, 0.25) is 5.91 Å². The number of carbonyl (C=O) groups is 3. The van der Waals surface area contributed by atoms with Gasteiger partial charge in [0.05, 0.1) is 0 Å². The molecule has 3 amide bonds. The normalized spacial score (nSPS) is 12.0. The Bertz CT molecular complexity index is 1110. The van der Waals surface area contributed by atoms with Gasteiger partial charge >= 0.3 is 6.09 Å². The monoisotopic (exact) mass is 537 g/mol. The SMILES string of the molecule is CCCCCCCCN(C(=O)CNC(=O)OC(C)(C)C)C(C(=O)Nc1ccccc1C)c1ccc(C)c(C)c1. The molecule has 2 N–H and O–H groups in total. The van der Waals surface area contributed by atoms with Gasteiger partial charge in [0, 0.05) is 12.2 Å². The minimum absolute atomic E-state index is 0.260. The number of aryl methyl sites for hydroxylation is 3. The maximum atomic E-state index is 13.9. The van der Waals surface area contributed by atoms with E-state index in [1.165, 1.54) is 6.42 Å². The van der Waals surface area contributed by atoms with Crippen molar-refractivity contribution in [2.45, 2.75) is 98.6 Å². The minimum atomic E-state index is -0.854. The van der Waals surface area contributed by atoms with Crippen LogP contribution in [-0.2, 0) is 14.3 Å². The van der Waals surface area contributed by atoms with Gasteiger partial charge in [-0.25, -0.2) is 4.79 Å². The van der Waals surface area contributed by atoms with E-state index in [-0.39, 0.29) is 18.4 Å². The summed E-state index contributed by atoms with van der Waals surface area (Å²) in [6.07, 6.45) is 5.64. The number of rotatable bonds is 13. The first-order chi connectivity index (χ1) is 18.4. The third-order valence-corrected chi connectivity index (χ3v) is 6.67. The molecule has 0 saturated heterocycles.